The van der Waals surface area contributed by atoms with Gasteiger partial charge >= 0.3 is 0 Å². The molecule has 6 nitrogen and oxygen atoms in total. The molecule has 0 bridgehead atoms. The molecule has 1 saturated carbocycles. The molecule has 3 heterocycles. The van der Waals surface area contributed by atoms with E-state index in [2.05, 4.69) is 9.88 Å². The number of carbonyl (C=O) groups is 2. The van der Waals surface area contributed by atoms with Crippen LogP contribution >= 0.6 is 0 Å². The predicted octanol–water partition coefficient (Wildman–Crippen LogP) is 1.83. The third-order valence-electron chi connectivity index (χ3n) is 6.37. The van der Waals surface area contributed by atoms with Gasteiger partial charge in [-0.3, -0.25) is 9.59 Å². The number of fused-ring (bicyclic) bond motifs is 4. The number of nitrogens with one attached hydrogen (secondary N) is 1. The predicted molar refractivity (Wildman–Crippen MR) is 99.2 cm³/mol. The summed E-state index contributed by atoms with van der Waals surface area (Å²) in [6, 6.07) is 7.84. The molecule has 1 unspecified atom stereocenters. The van der Waals surface area contributed by atoms with Crippen molar-refractivity contribution in [1.29, 1.82) is 0 Å². The monoisotopic (exact) mass is 352 g/mol. The van der Waals surface area contributed by atoms with Crippen molar-refractivity contribution in [1.82, 2.24) is 14.8 Å². The Morgan fingerprint density at radius 3 is 2.81 bits per heavy atom. The molecule has 136 valence electrons. The van der Waals surface area contributed by atoms with Gasteiger partial charge in [-0.15, -0.1) is 0 Å². The van der Waals surface area contributed by atoms with Crippen molar-refractivity contribution < 1.29 is 9.59 Å². The van der Waals surface area contributed by atoms with Crippen molar-refractivity contribution >= 4 is 22.7 Å². The van der Waals surface area contributed by atoms with Crippen LogP contribution in [0.1, 0.15) is 53.0 Å². The van der Waals surface area contributed by atoms with Gasteiger partial charge in [0.1, 0.15) is 5.69 Å². The number of benzene rings is 1. The maximum Gasteiger partial charge on any atom is 0.268 e. The number of carbonyl (C=O) groups excluding carboxylic acids is 2. The summed E-state index contributed by atoms with van der Waals surface area (Å²) in [5, 5.41) is 4.06. The normalized spacial score (nSPS) is 24.3. The lowest BCUT2D eigenvalue weighted by atomic mass is 9.75. The molecule has 2 amide bonds. The second-order valence-corrected chi connectivity index (χ2v) is 8.05. The highest BCUT2D eigenvalue weighted by Crippen LogP contribution is 2.44. The minimum absolute atomic E-state index is 0.0137. The van der Waals surface area contributed by atoms with Gasteiger partial charge in [0.05, 0.1) is 11.1 Å². The highest BCUT2D eigenvalue weighted by molar-refractivity contribution is 6.03. The van der Waals surface area contributed by atoms with Crippen LogP contribution in [0, 0.1) is 0 Å². The van der Waals surface area contributed by atoms with Crippen molar-refractivity contribution in [2.45, 2.75) is 43.7 Å². The molecule has 3 aliphatic rings. The molecular formula is C20H24N4O2. The van der Waals surface area contributed by atoms with E-state index in [0.717, 1.165) is 48.8 Å². The summed E-state index contributed by atoms with van der Waals surface area (Å²) in [4.78, 5) is 27.2. The number of hydrogen-bond donors (Lipinski definition) is 2. The Bertz CT molecular complexity index is 912. The lowest BCUT2D eigenvalue weighted by Gasteiger charge is -2.47. The van der Waals surface area contributed by atoms with Gasteiger partial charge in [0.15, 0.2) is 0 Å². The van der Waals surface area contributed by atoms with Gasteiger partial charge in [-0.1, -0.05) is 6.07 Å². The molecular weight excluding hydrogens is 328 g/mol. The molecule has 1 aromatic heterocycles. The first-order chi connectivity index (χ1) is 12.6. The average Bonchev–Trinajstić information content (AvgIpc) is 3.00. The molecule has 26 heavy (non-hydrogen) atoms. The minimum atomic E-state index is -0.0198. The smallest absolute Gasteiger partial charge is 0.268 e. The summed E-state index contributed by atoms with van der Waals surface area (Å²) in [7, 11) is 0. The van der Waals surface area contributed by atoms with Gasteiger partial charge in [0.2, 0.25) is 0 Å². The summed E-state index contributed by atoms with van der Waals surface area (Å²) in [5.74, 6) is 0.0223. The van der Waals surface area contributed by atoms with Gasteiger partial charge < -0.3 is 20.5 Å². The van der Waals surface area contributed by atoms with Crippen LogP contribution < -0.4 is 11.1 Å². The molecule has 3 N–H and O–H groups in total. The summed E-state index contributed by atoms with van der Waals surface area (Å²) in [5.41, 5.74) is 8.43. The molecule has 5 rings (SSSR count). The van der Waals surface area contributed by atoms with Crippen molar-refractivity contribution in [3.63, 3.8) is 0 Å². The van der Waals surface area contributed by atoms with Crippen LogP contribution in [0.25, 0.3) is 10.9 Å². The first-order valence-corrected chi connectivity index (χ1v) is 9.56. The second kappa shape index (κ2) is 5.58. The number of aromatic nitrogens is 1. The molecule has 6 heteroatoms. The molecule has 2 fully saturated rings. The number of likely N-dealkylation sites (tertiary alicyclic amines) is 1. The van der Waals surface area contributed by atoms with Crippen molar-refractivity contribution in [3.8, 4) is 0 Å². The number of piperidine rings is 1. The van der Waals surface area contributed by atoms with E-state index in [1.807, 2.05) is 29.2 Å². The van der Waals surface area contributed by atoms with Gasteiger partial charge in [-0.05, 0) is 50.3 Å². The molecule has 1 atom stereocenters. The van der Waals surface area contributed by atoms with Gasteiger partial charge in [0.25, 0.3) is 11.8 Å². The van der Waals surface area contributed by atoms with Crippen LogP contribution in [-0.4, -0.2) is 47.0 Å². The number of nitrogens with two attached hydrogens (primary N) is 1. The van der Waals surface area contributed by atoms with Crippen molar-refractivity contribution in [2.24, 2.45) is 5.73 Å². The van der Waals surface area contributed by atoms with E-state index in [9.17, 15) is 9.59 Å². The number of hydrogen-bond acceptors (Lipinski definition) is 3. The number of rotatable bonds is 1. The SMILES string of the molecule is NC1CCCN(C(=O)c2ccc3cc4n(c3c2)C2(CCC2)CNC4=O)C1. The fourth-order valence-electron chi connectivity index (χ4n) is 4.79. The zero-order chi connectivity index (χ0) is 17.9. The lowest BCUT2D eigenvalue weighted by Crippen LogP contribution is -2.55. The fraction of sp³-hybridized carbons (Fsp3) is 0.500. The first kappa shape index (κ1) is 15.9. The second-order valence-electron chi connectivity index (χ2n) is 8.05. The molecule has 2 aromatic rings. The van der Waals surface area contributed by atoms with E-state index in [0.29, 0.717) is 18.7 Å². The van der Waals surface area contributed by atoms with Crippen molar-refractivity contribution in [2.75, 3.05) is 19.6 Å². The van der Waals surface area contributed by atoms with E-state index in [1.54, 1.807) is 0 Å². The largest absolute Gasteiger partial charge is 0.348 e. The quantitative estimate of drug-likeness (QED) is 0.822. The van der Waals surface area contributed by atoms with Crippen LogP contribution in [0.5, 0.6) is 0 Å². The number of amides is 2. The lowest BCUT2D eigenvalue weighted by molar-refractivity contribution is 0.0709. The van der Waals surface area contributed by atoms with Crippen LogP contribution in [0.4, 0.5) is 0 Å². The maximum atomic E-state index is 13.0. The Morgan fingerprint density at radius 2 is 2.08 bits per heavy atom. The average molecular weight is 352 g/mol. The van der Waals surface area contributed by atoms with E-state index >= 15 is 0 Å². The van der Waals surface area contributed by atoms with Gasteiger partial charge in [0, 0.05) is 36.6 Å². The topological polar surface area (TPSA) is 80.4 Å². The van der Waals surface area contributed by atoms with Gasteiger partial charge in [-0.25, -0.2) is 0 Å². The Balaban J connectivity index is 1.58. The Hall–Kier alpha value is -2.34. The van der Waals surface area contributed by atoms with Crippen LogP contribution in [0.15, 0.2) is 24.3 Å². The van der Waals surface area contributed by atoms with E-state index in [-0.39, 0.29) is 23.4 Å². The molecule has 0 radical (unpaired) electrons. The highest BCUT2D eigenvalue weighted by atomic mass is 16.2. The Kier molecular flexibility index (Phi) is 3.41. The summed E-state index contributed by atoms with van der Waals surface area (Å²) in [6.45, 7) is 2.07. The fourth-order valence-corrected chi connectivity index (χ4v) is 4.79. The first-order valence-electron chi connectivity index (χ1n) is 9.56. The third-order valence-corrected chi connectivity index (χ3v) is 6.37. The molecule has 1 aliphatic carbocycles. The third kappa shape index (κ3) is 2.21. The zero-order valence-electron chi connectivity index (χ0n) is 14.8. The minimum Gasteiger partial charge on any atom is -0.348 e. The Morgan fingerprint density at radius 1 is 1.23 bits per heavy atom. The molecule has 1 saturated heterocycles. The standard InChI is InChI=1S/C20H24N4O2/c21-15-3-1-8-23(11-15)19(26)14-5-4-13-9-17-18(25)22-12-20(6-2-7-20)24(17)16(13)10-14/h4-5,9-10,15H,1-3,6-8,11-12,21H2,(H,22,25). The highest BCUT2D eigenvalue weighted by Gasteiger charge is 2.44. The van der Waals surface area contributed by atoms with Crippen LogP contribution in [-0.2, 0) is 5.54 Å². The van der Waals surface area contributed by atoms with E-state index < -0.39 is 0 Å². The summed E-state index contributed by atoms with van der Waals surface area (Å²) in [6.07, 6.45) is 5.26. The van der Waals surface area contributed by atoms with E-state index in [4.69, 9.17) is 5.73 Å². The summed E-state index contributed by atoms with van der Waals surface area (Å²) < 4.78 is 2.20. The molecule has 1 aromatic carbocycles. The summed E-state index contributed by atoms with van der Waals surface area (Å²) >= 11 is 0. The van der Waals surface area contributed by atoms with Crippen LogP contribution in [0.3, 0.4) is 0 Å². The van der Waals surface area contributed by atoms with E-state index in [1.165, 1.54) is 6.42 Å². The van der Waals surface area contributed by atoms with Crippen molar-refractivity contribution in [3.05, 3.63) is 35.5 Å². The van der Waals surface area contributed by atoms with Gasteiger partial charge in [-0.2, -0.15) is 0 Å². The molecule has 2 aliphatic heterocycles. The van der Waals surface area contributed by atoms with Crippen LogP contribution in [0.2, 0.25) is 0 Å². The molecule has 1 spiro atoms. The Labute approximate surface area is 152 Å². The number of nitrogens with zero attached hydrogens (tertiary/aromatic N) is 2. The maximum absolute atomic E-state index is 13.0. The zero-order valence-corrected chi connectivity index (χ0v) is 14.8.